The number of carbonyl (C=O) groups excluding carboxylic acids is 2. The molecule has 0 bridgehead atoms. The molecule has 1 heterocycles. The molecule has 0 aliphatic carbocycles. The first-order chi connectivity index (χ1) is 11.0. The Kier molecular flexibility index (Phi) is 6.29. The molecular weight excluding hydrogens is 314 g/mol. The van der Waals surface area contributed by atoms with Crippen LogP contribution in [0.1, 0.15) is 20.3 Å². The number of ether oxygens (including phenoxy) is 1. The Balaban J connectivity index is 1.81. The largest absolute Gasteiger partial charge is 0.497 e. The van der Waals surface area contributed by atoms with Gasteiger partial charge < -0.3 is 15.4 Å². The van der Waals surface area contributed by atoms with Crippen molar-refractivity contribution in [1.82, 2.24) is 10.6 Å². The predicted molar refractivity (Wildman–Crippen MR) is 92.4 cm³/mol. The van der Waals surface area contributed by atoms with E-state index in [0.29, 0.717) is 11.4 Å². The summed E-state index contributed by atoms with van der Waals surface area (Å²) in [7, 11) is 1.58. The van der Waals surface area contributed by atoms with Crippen molar-refractivity contribution >= 4 is 29.3 Å². The molecule has 3 atom stereocenters. The SMILES string of the molecule is CCC1C(=O)NC(SCC(=O)Nc2cccc(OC)c2)NC1C. The molecule has 1 aliphatic heterocycles. The fourth-order valence-electron chi connectivity index (χ4n) is 2.55. The van der Waals surface area contributed by atoms with Gasteiger partial charge in [0.1, 0.15) is 11.2 Å². The average Bonchev–Trinajstić information content (AvgIpc) is 2.53. The molecule has 23 heavy (non-hydrogen) atoms. The Morgan fingerprint density at radius 2 is 2.22 bits per heavy atom. The molecule has 0 radical (unpaired) electrons. The zero-order valence-corrected chi connectivity index (χ0v) is 14.4. The normalized spacial score (nSPS) is 24.0. The third-order valence-corrected chi connectivity index (χ3v) is 4.82. The number of carbonyl (C=O) groups is 2. The number of anilines is 1. The van der Waals surface area contributed by atoms with Gasteiger partial charge in [0, 0.05) is 17.8 Å². The van der Waals surface area contributed by atoms with Gasteiger partial charge in [-0.25, -0.2) is 0 Å². The van der Waals surface area contributed by atoms with Crippen molar-refractivity contribution < 1.29 is 14.3 Å². The number of methoxy groups -OCH3 is 1. The van der Waals surface area contributed by atoms with Crippen molar-refractivity contribution in [3.63, 3.8) is 0 Å². The Bertz CT molecular complexity index is 567. The first-order valence-corrected chi connectivity index (χ1v) is 8.70. The molecule has 1 aliphatic rings. The third-order valence-electron chi connectivity index (χ3n) is 3.80. The molecule has 2 amide bonds. The zero-order valence-electron chi connectivity index (χ0n) is 13.6. The molecule has 1 aromatic rings. The Hall–Kier alpha value is -1.73. The van der Waals surface area contributed by atoms with Gasteiger partial charge in [-0.3, -0.25) is 14.9 Å². The van der Waals surface area contributed by atoms with Crippen LogP contribution in [-0.2, 0) is 9.59 Å². The van der Waals surface area contributed by atoms with E-state index in [1.807, 2.05) is 26.0 Å². The lowest BCUT2D eigenvalue weighted by atomic mass is 9.96. The summed E-state index contributed by atoms with van der Waals surface area (Å²) < 4.78 is 5.12. The van der Waals surface area contributed by atoms with E-state index in [0.717, 1.165) is 6.42 Å². The van der Waals surface area contributed by atoms with Crippen LogP contribution in [0.3, 0.4) is 0 Å². The van der Waals surface area contributed by atoms with Crippen LogP contribution in [-0.4, -0.2) is 36.2 Å². The van der Waals surface area contributed by atoms with Crippen LogP contribution in [0.25, 0.3) is 0 Å². The summed E-state index contributed by atoms with van der Waals surface area (Å²) in [6, 6.07) is 7.30. The Morgan fingerprint density at radius 1 is 1.43 bits per heavy atom. The van der Waals surface area contributed by atoms with Gasteiger partial charge in [0.25, 0.3) is 0 Å². The van der Waals surface area contributed by atoms with Gasteiger partial charge in [0.05, 0.1) is 18.8 Å². The maximum absolute atomic E-state index is 12.0. The van der Waals surface area contributed by atoms with Crippen LogP contribution in [0.2, 0.25) is 0 Å². The third kappa shape index (κ3) is 4.87. The molecule has 126 valence electrons. The van der Waals surface area contributed by atoms with E-state index in [1.165, 1.54) is 11.8 Å². The van der Waals surface area contributed by atoms with Gasteiger partial charge >= 0.3 is 0 Å². The highest BCUT2D eigenvalue weighted by molar-refractivity contribution is 8.00. The lowest BCUT2D eigenvalue weighted by Crippen LogP contribution is -2.59. The summed E-state index contributed by atoms with van der Waals surface area (Å²) in [6.45, 7) is 3.99. The molecule has 3 unspecified atom stereocenters. The topological polar surface area (TPSA) is 79.5 Å². The Morgan fingerprint density at radius 3 is 2.87 bits per heavy atom. The van der Waals surface area contributed by atoms with Gasteiger partial charge in [-0.05, 0) is 25.5 Å². The number of benzene rings is 1. The Labute approximate surface area is 140 Å². The number of hydrogen-bond donors (Lipinski definition) is 3. The van der Waals surface area contributed by atoms with E-state index in [1.54, 1.807) is 19.2 Å². The highest BCUT2D eigenvalue weighted by Gasteiger charge is 2.32. The molecular formula is C16H23N3O3S. The lowest BCUT2D eigenvalue weighted by molar-refractivity contribution is -0.128. The van der Waals surface area contributed by atoms with Crippen molar-refractivity contribution in [2.45, 2.75) is 31.8 Å². The van der Waals surface area contributed by atoms with E-state index in [9.17, 15) is 9.59 Å². The van der Waals surface area contributed by atoms with E-state index < -0.39 is 0 Å². The standard InChI is InChI=1S/C16H23N3O3S/c1-4-13-10(2)17-16(19-15(13)21)23-9-14(20)18-11-6-5-7-12(8-11)22-3/h5-8,10,13,16-17H,4,9H2,1-3H3,(H,18,20)(H,19,21). The minimum absolute atomic E-state index is 0.0162. The highest BCUT2D eigenvalue weighted by Crippen LogP contribution is 2.20. The molecule has 1 aromatic carbocycles. The summed E-state index contributed by atoms with van der Waals surface area (Å²) in [5, 5.41) is 9.03. The van der Waals surface area contributed by atoms with Crippen molar-refractivity contribution in [3.05, 3.63) is 24.3 Å². The molecule has 0 spiro atoms. The molecule has 0 saturated carbocycles. The van der Waals surface area contributed by atoms with Crippen LogP contribution in [0.4, 0.5) is 5.69 Å². The first kappa shape index (κ1) is 17.6. The van der Waals surface area contributed by atoms with Crippen molar-refractivity contribution in [2.24, 2.45) is 5.92 Å². The maximum Gasteiger partial charge on any atom is 0.234 e. The number of amides is 2. The van der Waals surface area contributed by atoms with Crippen molar-refractivity contribution in [1.29, 1.82) is 0 Å². The summed E-state index contributed by atoms with van der Waals surface area (Å²) in [5.74, 6) is 0.848. The molecule has 3 N–H and O–H groups in total. The van der Waals surface area contributed by atoms with Crippen LogP contribution >= 0.6 is 11.8 Å². The molecule has 7 heteroatoms. The summed E-state index contributed by atoms with van der Waals surface area (Å²) in [6.07, 6.45) is 0.799. The summed E-state index contributed by atoms with van der Waals surface area (Å²) in [5.41, 5.74) is 0.450. The molecule has 0 aromatic heterocycles. The molecule has 1 saturated heterocycles. The van der Waals surface area contributed by atoms with Gasteiger partial charge in [-0.15, -0.1) is 11.8 Å². The molecule has 6 nitrogen and oxygen atoms in total. The van der Waals surface area contributed by atoms with Gasteiger partial charge in [-0.1, -0.05) is 13.0 Å². The fraction of sp³-hybridized carbons (Fsp3) is 0.500. The maximum atomic E-state index is 12.0. The van der Waals surface area contributed by atoms with Crippen LogP contribution in [0.5, 0.6) is 5.75 Å². The van der Waals surface area contributed by atoms with Crippen LogP contribution < -0.4 is 20.7 Å². The molecule has 1 fully saturated rings. The smallest absolute Gasteiger partial charge is 0.234 e. The number of rotatable bonds is 6. The van der Waals surface area contributed by atoms with E-state index in [4.69, 9.17) is 4.74 Å². The van der Waals surface area contributed by atoms with E-state index in [2.05, 4.69) is 16.0 Å². The highest BCUT2D eigenvalue weighted by atomic mass is 32.2. The summed E-state index contributed by atoms with van der Waals surface area (Å²) >= 11 is 1.37. The quantitative estimate of drug-likeness (QED) is 0.737. The minimum atomic E-state index is -0.239. The first-order valence-electron chi connectivity index (χ1n) is 7.65. The second-order valence-corrected chi connectivity index (χ2v) is 6.54. The number of thioether (sulfide) groups is 1. The molecule has 2 rings (SSSR count). The van der Waals surface area contributed by atoms with Gasteiger partial charge in [-0.2, -0.15) is 0 Å². The second kappa shape index (κ2) is 8.21. The van der Waals surface area contributed by atoms with E-state index in [-0.39, 0.29) is 35.0 Å². The average molecular weight is 337 g/mol. The number of nitrogens with one attached hydrogen (secondary N) is 3. The fourth-order valence-corrected chi connectivity index (χ4v) is 3.45. The second-order valence-electron chi connectivity index (χ2n) is 5.45. The van der Waals surface area contributed by atoms with Crippen molar-refractivity contribution in [2.75, 3.05) is 18.2 Å². The predicted octanol–water partition coefficient (Wildman–Crippen LogP) is 1.78. The zero-order chi connectivity index (χ0) is 16.8. The monoisotopic (exact) mass is 337 g/mol. The van der Waals surface area contributed by atoms with Crippen LogP contribution in [0, 0.1) is 5.92 Å². The summed E-state index contributed by atoms with van der Waals surface area (Å²) in [4.78, 5) is 24.0. The van der Waals surface area contributed by atoms with E-state index >= 15 is 0 Å². The van der Waals surface area contributed by atoms with Crippen LogP contribution in [0.15, 0.2) is 24.3 Å². The minimum Gasteiger partial charge on any atom is -0.497 e. The van der Waals surface area contributed by atoms with Gasteiger partial charge in [0.15, 0.2) is 0 Å². The van der Waals surface area contributed by atoms with Gasteiger partial charge in [0.2, 0.25) is 11.8 Å². The number of hydrogen-bond acceptors (Lipinski definition) is 5. The lowest BCUT2D eigenvalue weighted by Gasteiger charge is -2.34. The van der Waals surface area contributed by atoms with Crippen molar-refractivity contribution in [3.8, 4) is 5.75 Å².